The van der Waals surface area contributed by atoms with Crippen LogP contribution in [0.1, 0.15) is 43.7 Å². The van der Waals surface area contributed by atoms with Gasteiger partial charge in [0.05, 0.1) is 17.3 Å². The first-order valence-electron chi connectivity index (χ1n) is 6.64. The Morgan fingerprint density at radius 3 is 2.94 bits per heavy atom. The summed E-state index contributed by atoms with van der Waals surface area (Å²) in [5, 5.41) is 5.42. The molecule has 0 aromatic carbocycles. The van der Waals surface area contributed by atoms with Crippen molar-refractivity contribution < 1.29 is 4.52 Å². The molecular weight excluding hydrogens is 226 g/mol. The number of nitrogens with one attached hydrogen (secondary N) is 1. The van der Waals surface area contributed by atoms with Crippen molar-refractivity contribution in [1.82, 2.24) is 15.1 Å². The Kier molecular flexibility index (Phi) is 2.15. The van der Waals surface area contributed by atoms with E-state index >= 15 is 0 Å². The normalized spacial score (nSPS) is 17.8. The van der Waals surface area contributed by atoms with Gasteiger partial charge in [-0.05, 0) is 18.9 Å². The Balaban J connectivity index is 1.96. The van der Waals surface area contributed by atoms with Crippen LogP contribution >= 0.6 is 0 Å². The molecule has 0 saturated heterocycles. The molecule has 4 nitrogen and oxygen atoms in total. The van der Waals surface area contributed by atoms with E-state index in [0.29, 0.717) is 5.92 Å². The Hall–Kier alpha value is -1.84. The van der Waals surface area contributed by atoms with E-state index in [1.807, 2.05) is 12.3 Å². The maximum absolute atomic E-state index is 5.56. The molecule has 0 amide bonds. The maximum Gasteiger partial charge on any atom is 0.183 e. The van der Waals surface area contributed by atoms with Crippen molar-refractivity contribution in [3.63, 3.8) is 0 Å². The van der Waals surface area contributed by atoms with E-state index in [1.54, 1.807) is 6.20 Å². The van der Waals surface area contributed by atoms with E-state index in [0.717, 1.165) is 16.6 Å². The molecule has 1 aliphatic rings. The van der Waals surface area contributed by atoms with Crippen LogP contribution in [0.5, 0.6) is 0 Å². The maximum atomic E-state index is 5.56. The summed E-state index contributed by atoms with van der Waals surface area (Å²) in [6.45, 7) is 0. The molecule has 4 heteroatoms. The fraction of sp³-hybridized carbons (Fsp3) is 0.429. The minimum absolute atomic E-state index is 0.598. The fourth-order valence-corrected chi connectivity index (χ4v) is 3.14. The molecule has 1 fully saturated rings. The fourth-order valence-electron chi connectivity index (χ4n) is 3.14. The molecule has 4 rings (SSSR count). The molecule has 18 heavy (non-hydrogen) atoms. The number of hydrogen-bond acceptors (Lipinski definition) is 3. The molecule has 92 valence electrons. The first-order chi connectivity index (χ1) is 8.93. The SMILES string of the molecule is c1cc2c(n1)ncc1o[nH]c(C3CCCCC3)c12. The zero-order valence-corrected chi connectivity index (χ0v) is 10.1. The number of rotatable bonds is 1. The Morgan fingerprint density at radius 1 is 1.17 bits per heavy atom. The van der Waals surface area contributed by atoms with Crippen LogP contribution in [0.4, 0.5) is 0 Å². The lowest BCUT2D eigenvalue weighted by atomic mass is 9.85. The van der Waals surface area contributed by atoms with E-state index < -0.39 is 0 Å². The summed E-state index contributed by atoms with van der Waals surface area (Å²) in [6.07, 6.45) is 10.1. The Bertz CT molecular complexity index is 691. The molecule has 0 atom stereocenters. The molecule has 1 N–H and O–H groups in total. The second-order valence-electron chi connectivity index (χ2n) is 5.13. The van der Waals surface area contributed by atoms with Crippen molar-refractivity contribution in [1.29, 1.82) is 0 Å². The summed E-state index contributed by atoms with van der Waals surface area (Å²) in [5.74, 6) is 0.598. The van der Waals surface area contributed by atoms with Gasteiger partial charge in [-0.15, -0.1) is 0 Å². The lowest BCUT2D eigenvalue weighted by Gasteiger charge is -2.20. The number of H-pyrrole nitrogens is 1. The first kappa shape index (κ1) is 10.1. The molecular formula is C14H15N3O. The monoisotopic (exact) mass is 241 g/mol. The predicted octanol–water partition coefficient (Wildman–Crippen LogP) is 3.75. The van der Waals surface area contributed by atoms with Gasteiger partial charge in [-0.25, -0.2) is 15.1 Å². The summed E-state index contributed by atoms with van der Waals surface area (Å²) in [5.41, 5.74) is 2.90. The molecule has 3 aromatic rings. The molecule has 0 spiro atoms. The van der Waals surface area contributed by atoms with Crippen molar-refractivity contribution in [2.24, 2.45) is 0 Å². The lowest BCUT2D eigenvalue weighted by molar-refractivity contribution is 0.395. The average molecular weight is 241 g/mol. The minimum atomic E-state index is 0.598. The van der Waals surface area contributed by atoms with E-state index in [1.165, 1.54) is 43.2 Å². The highest BCUT2D eigenvalue weighted by Gasteiger charge is 2.22. The molecule has 3 heterocycles. The predicted molar refractivity (Wildman–Crippen MR) is 69.5 cm³/mol. The van der Waals surface area contributed by atoms with Crippen molar-refractivity contribution >= 4 is 22.0 Å². The molecule has 1 saturated carbocycles. The highest BCUT2D eigenvalue weighted by atomic mass is 16.5. The average Bonchev–Trinajstić information content (AvgIpc) is 3.05. The molecule has 3 aromatic heterocycles. The number of hydrogen-bond donors (Lipinski definition) is 1. The standard InChI is InChI=1S/C14H15N3O/c1-2-4-9(5-3-1)13-12-10-6-7-15-14(10)16-8-11(12)18-17-13/h6-9,17H,1-5H2. The molecule has 0 unspecified atom stereocenters. The summed E-state index contributed by atoms with van der Waals surface area (Å²) < 4.78 is 5.56. The third-order valence-electron chi connectivity index (χ3n) is 4.05. The first-order valence-corrected chi connectivity index (χ1v) is 6.64. The van der Waals surface area contributed by atoms with E-state index in [4.69, 9.17) is 4.52 Å². The summed E-state index contributed by atoms with van der Waals surface area (Å²) in [6, 6.07) is 2.03. The zero-order valence-electron chi connectivity index (χ0n) is 10.1. The summed E-state index contributed by atoms with van der Waals surface area (Å²) in [7, 11) is 0. The van der Waals surface area contributed by atoms with Crippen LogP contribution in [0.2, 0.25) is 0 Å². The van der Waals surface area contributed by atoms with Gasteiger partial charge in [0.1, 0.15) is 0 Å². The number of pyridine rings is 1. The van der Waals surface area contributed by atoms with E-state index in [-0.39, 0.29) is 0 Å². The zero-order chi connectivity index (χ0) is 11.9. The number of nitrogens with zero attached hydrogens (tertiary/aromatic N) is 2. The van der Waals surface area contributed by atoms with Crippen molar-refractivity contribution in [2.75, 3.05) is 0 Å². The van der Waals surface area contributed by atoms with Crippen LogP contribution in [-0.2, 0) is 0 Å². The van der Waals surface area contributed by atoms with Gasteiger partial charge in [-0.1, -0.05) is 19.3 Å². The number of fused-ring (bicyclic) bond motifs is 3. The van der Waals surface area contributed by atoms with Crippen LogP contribution in [-0.4, -0.2) is 15.1 Å². The third kappa shape index (κ3) is 1.38. The van der Waals surface area contributed by atoms with E-state index in [2.05, 4.69) is 15.1 Å². The molecule has 0 aliphatic heterocycles. The summed E-state index contributed by atoms with van der Waals surface area (Å²) >= 11 is 0. The van der Waals surface area contributed by atoms with Crippen LogP contribution < -0.4 is 0 Å². The second kappa shape index (κ2) is 3.83. The Labute approximate surface area is 104 Å². The van der Waals surface area contributed by atoms with Crippen LogP contribution in [0.15, 0.2) is 23.0 Å². The van der Waals surface area contributed by atoms with Gasteiger partial charge in [0, 0.05) is 17.5 Å². The number of aromatic amines is 1. The van der Waals surface area contributed by atoms with Gasteiger partial charge in [0.2, 0.25) is 0 Å². The highest BCUT2D eigenvalue weighted by molar-refractivity contribution is 6.03. The Morgan fingerprint density at radius 2 is 2.06 bits per heavy atom. The van der Waals surface area contributed by atoms with Crippen LogP contribution in [0, 0.1) is 0 Å². The van der Waals surface area contributed by atoms with E-state index in [9.17, 15) is 0 Å². The molecule has 1 aliphatic carbocycles. The van der Waals surface area contributed by atoms with Gasteiger partial charge in [-0.2, -0.15) is 0 Å². The topological polar surface area (TPSA) is 54.7 Å². The van der Waals surface area contributed by atoms with Gasteiger partial charge < -0.3 is 4.52 Å². The smallest absolute Gasteiger partial charge is 0.183 e. The van der Waals surface area contributed by atoms with Crippen LogP contribution in [0.25, 0.3) is 22.0 Å². The third-order valence-corrected chi connectivity index (χ3v) is 4.05. The minimum Gasteiger partial charge on any atom is -0.380 e. The largest absolute Gasteiger partial charge is 0.380 e. The lowest BCUT2D eigenvalue weighted by Crippen LogP contribution is -2.05. The highest BCUT2D eigenvalue weighted by Crippen LogP contribution is 2.37. The number of aromatic nitrogens is 3. The van der Waals surface area contributed by atoms with Gasteiger partial charge >= 0.3 is 0 Å². The van der Waals surface area contributed by atoms with Crippen molar-refractivity contribution in [2.45, 2.75) is 38.0 Å². The quantitative estimate of drug-likeness (QED) is 0.705. The van der Waals surface area contributed by atoms with Gasteiger partial charge in [-0.3, -0.25) is 0 Å². The molecule has 0 radical (unpaired) electrons. The van der Waals surface area contributed by atoms with Gasteiger partial charge in [0.15, 0.2) is 11.2 Å². The summed E-state index contributed by atoms with van der Waals surface area (Å²) in [4.78, 5) is 8.57. The van der Waals surface area contributed by atoms with Crippen molar-refractivity contribution in [3.05, 3.63) is 24.2 Å². The molecule has 0 bridgehead atoms. The van der Waals surface area contributed by atoms with Crippen LogP contribution in [0.3, 0.4) is 0 Å². The second-order valence-corrected chi connectivity index (χ2v) is 5.13. The van der Waals surface area contributed by atoms with Crippen molar-refractivity contribution in [3.8, 4) is 0 Å². The van der Waals surface area contributed by atoms with Gasteiger partial charge in [0.25, 0.3) is 0 Å².